The van der Waals surface area contributed by atoms with E-state index < -0.39 is 21.5 Å². The Bertz CT molecular complexity index is 1220. The third-order valence-corrected chi connectivity index (χ3v) is 11.8. The number of rotatable bonds is 4. The number of halogens is 2. The summed E-state index contributed by atoms with van der Waals surface area (Å²) in [5, 5.41) is 10.3. The van der Waals surface area contributed by atoms with Gasteiger partial charge in [0.2, 0.25) is 11.6 Å². The average Bonchev–Trinajstić information content (AvgIpc) is 3.23. The molecule has 164 valence electrons. The summed E-state index contributed by atoms with van der Waals surface area (Å²) in [6.07, 6.45) is 4.13. The maximum absolute atomic E-state index is 12.1. The predicted molar refractivity (Wildman–Crippen MR) is 128 cm³/mol. The molecule has 4 aliphatic heterocycles. The highest BCUT2D eigenvalue weighted by Gasteiger charge is 2.60. The molecule has 0 bridgehead atoms. The normalized spacial score (nSPS) is 32.9. The second kappa shape index (κ2) is 7.79. The van der Waals surface area contributed by atoms with Gasteiger partial charge in [0.15, 0.2) is 32.3 Å². The third-order valence-electron chi connectivity index (χ3n) is 5.75. The van der Waals surface area contributed by atoms with Crippen molar-refractivity contribution in [1.82, 2.24) is 4.48 Å². The fraction of sp³-hybridized carbons (Fsp3) is 0.333. The molecule has 0 saturated carbocycles. The lowest BCUT2D eigenvalue weighted by Crippen LogP contribution is -2.67. The van der Waals surface area contributed by atoms with Crippen molar-refractivity contribution in [3.05, 3.63) is 44.2 Å². The van der Waals surface area contributed by atoms with Crippen LogP contribution in [-0.2, 0) is 14.9 Å². The molecule has 1 aromatic rings. The summed E-state index contributed by atoms with van der Waals surface area (Å²) in [5.41, 5.74) is 0.713. The smallest absolute Gasteiger partial charge is 0.369 e. The van der Waals surface area contributed by atoms with E-state index in [0.717, 1.165) is 13.8 Å². The van der Waals surface area contributed by atoms with Gasteiger partial charge in [0, 0.05) is 17.2 Å². The number of thioether (sulfide) groups is 3. The number of carbonyl (C=O) groups is 1. The Balaban J connectivity index is 1.65. The van der Waals surface area contributed by atoms with Crippen LogP contribution in [0, 0.1) is 0 Å². The molecular weight excluding hydrogens is 568 g/mol. The summed E-state index contributed by atoms with van der Waals surface area (Å²) in [7, 11) is -4.55. The minimum absolute atomic E-state index is 0.0701. The predicted octanol–water partition coefficient (Wildman–Crippen LogP) is 3.79. The standard InChI is InChI=1S/C18H14BrClN2O5S4/c19-13-6-10-18(29-13)30-14(21(10)8-17(23)24)7-15-22(4-3-16(22)31(25,26)27)11-5-9(20)1-2-12(11)28-15/h1-2,5-7,10,16,18H,3-4,8H2/p+1. The van der Waals surface area contributed by atoms with E-state index in [4.69, 9.17) is 11.6 Å². The molecule has 1 fully saturated rings. The maximum atomic E-state index is 12.1. The van der Waals surface area contributed by atoms with Crippen LogP contribution in [0.4, 0.5) is 5.69 Å². The Morgan fingerprint density at radius 2 is 2.19 bits per heavy atom. The third kappa shape index (κ3) is 3.63. The lowest BCUT2D eigenvalue weighted by Gasteiger charge is -2.49. The molecular formula is C18H15BrClN2O5S4+. The summed E-state index contributed by atoms with van der Waals surface area (Å²) in [4.78, 5) is 12.4. The van der Waals surface area contributed by atoms with E-state index in [9.17, 15) is 22.9 Å². The highest BCUT2D eigenvalue weighted by molar-refractivity contribution is 9.14. The molecule has 4 atom stereocenters. The Kier molecular flexibility index (Phi) is 5.61. The van der Waals surface area contributed by atoms with Gasteiger partial charge in [-0.2, -0.15) is 0 Å². The van der Waals surface area contributed by atoms with Crippen LogP contribution in [0.1, 0.15) is 6.42 Å². The largest absolute Gasteiger partial charge is 0.743 e. The van der Waals surface area contributed by atoms with Gasteiger partial charge in [0.25, 0.3) is 0 Å². The van der Waals surface area contributed by atoms with Crippen LogP contribution in [0.5, 0.6) is 0 Å². The van der Waals surface area contributed by atoms with Crippen molar-refractivity contribution in [3.63, 3.8) is 0 Å². The molecule has 4 aliphatic rings. The highest BCUT2D eigenvalue weighted by Crippen LogP contribution is 2.58. The molecule has 31 heavy (non-hydrogen) atoms. The Morgan fingerprint density at radius 1 is 1.42 bits per heavy atom. The summed E-state index contributed by atoms with van der Waals surface area (Å²) in [6.45, 7) is 0.305. The summed E-state index contributed by atoms with van der Waals surface area (Å²) in [6, 6.07) is 5.22. The van der Waals surface area contributed by atoms with Crippen LogP contribution in [0.3, 0.4) is 0 Å². The first kappa shape index (κ1) is 22.3. The Hall–Kier alpha value is -0.470. The molecule has 0 aromatic heterocycles. The van der Waals surface area contributed by atoms with Crippen molar-refractivity contribution >= 4 is 89.6 Å². The number of hydrogen-bond donors (Lipinski definition) is 1. The van der Waals surface area contributed by atoms with Crippen molar-refractivity contribution in [3.8, 4) is 0 Å². The van der Waals surface area contributed by atoms with Gasteiger partial charge in [-0.25, -0.2) is 22.3 Å². The number of benzene rings is 1. The number of aliphatic carboxylic acids is 1. The van der Waals surface area contributed by atoms with Crippen LogP contribution in [0.15, 0.2) is 44.1 Å². The fourth-order valence-corrected chi connectivity index (χ4v) is 11.1. The van der Waals surface area contributed by atoms with Gasteiger partial charge in [-0.05, 0) is 51.6 Å². The first-order chi connectivity index (χ1) is 14.6. The molecule has 1 spiro atoms. The SMILES string of the molecule is O=C(O)C[N+]1=C(C=C2Sc3ccc(Cl)cc3[N+]23CCC3S(=O)(=O)[O-])SC2SC(Br)=CC21. The number of fused-ring (bicyclic) bond motifs is 3. The van der Waals surface area contributed by atoms with Crippen molar-refractivity contribution in [1.29, 1.82) is 0 Å². The van der Waals surface area contributed by atoms with Gasteiger partial charge in [-0.1, -0.05) is 23.4 Å². The van der Waals surface area contributed by atoms with Gasteiger partial charge < -0.3 is 9.66 Å². The summed E-state index contributed by atoms with van der Waals surface area (Å²) in [5.74, 6) is -0.944. The minimum Gasteiger partial charge on any atom is -0.743 e. The maximum Gasteiger partial charge on any atom is 0.369 e. The highest BCUT2D eigenvalue weighted by atomic mass is 79.9. The molecule has 4 unspecified atom stereocenters. The molecule has 4 heterocycles. The number of nitrogens with zero attached hydrogens (tertiary/aromatic N) is 2. The topological polar surface area (TPSA) is 97.5 Å². The van der Waals surface area contributed by atoms with Gasteiger partial charge in [-0.3, -0.25) is 0 Å². The molecule has 5 rings (SSSR count). The average molecular weight is 583 g/mol. The number of carboxylic acids is 1. The second-order valence-electron chi connectivity index (χ2n) is 7.45. The first-order valence-corrected chi connectivity index (χ1v) is 14.4. The van der Waals surface area contributed by atoms with Crippen LogP contribution in [0.25, 0.3) is 0 Å². The molecule has 13 heteroatoms. The Labute approximate surface area is 205 Å². The fourth-order valence-electron chi connectivity index (χ4n) is 4.38. The number of hydrogen-bond acceptors (Lipinski definition) is 7. The minimum atomic E-state index is -4.55. The quantitative estimate of drug-likeness (QED) is 0.325. The van der Waals surface area contributed by atoms with Crippen LogP contribution >= 0.6 is 62.8 Å². The summed E-state index contributed by atoms with van der Waals surface area (Å²) < 4.78 is 39.1. The zero-order valence-corrected chi connectivity index (χ0v) is 21.2. The van der Waals surface area contributed by atoms with E-state index in [2.05, 4.69) is 15.9 Å². The van der Waals surface area contributed by atoms with Crippen molar-refractivity contribution in [2.24, 2.45) is 0 Å². The van der Waals surface area contributed by atoms with Crippen molar-refractivity contribution in [2.45, 2.75) is 27.3 Å². The van der Waals surface area contributed by atoms with E-state index in [0.29, 0.717) is 22.3 Å². The molecule has 7 nitrogen and oxygen atoms in total. The number of carboxylic acid groups (broad SMARTS) is 1. The first-order valence-electron chi connectivity index (χ1n) is 9.18. The van der Waals surface area contributed by atoms with E-state index in [1.54, 1.807) is 35.7 Å². The van der Waals surface area contributed by atoms with Crippen molar-refractivity contribution in [2.75, 3.05) is 13.1 Å². The van der Waals surface area contributed by atoms with E-state index >= 15 is 0 Å². The lowest BCUT2D eigenvalue weighted by molar-refractivity contribution is -0.535. The van der Waals surface area contributed by atoms with Gasteiger partial charge >= 0.3 is 5.97 Å². The second-order valence-corrected chi connectivity index (χ2v) is 14.5. The lowest BCUT2D eigenvalue weighted by atomic mass is 10.1. The van der Waals surface area contributed by atoms with Crippen LogP contribution < -0.4 is 4.48 Å². The van der Waals surface area contributed by atoms with Crippen molar-refractivity contribution < 1.29 is 27.4 Å². The molecule has 1 aromatic carbocycles. The van der Waals surface area contributed by atoms with Gasteiger partial charge in [0.1, 0.15) is 4.58 Å². The zero-order valence-electron chi connectivity index (χ0n) is 15.6. The van der Waals surface area contributed by atoms with E-state index in [1.807, 2.05) is 22.8 Å². The molecule has 0 aliphatic carbocycles. The van der Waals surface area contributed by atoms with Gasteiger partial charge in [-0.15, -0.1) is 0 Å². The molecule has 0 amide bonds. The van der Waals surface area contributed by atoms with Crippen LogP contribution in [0.2, 0.25) is 5.02 Å². The van der Waals surface area contributed by atoms with Gasteiger partial charge in [0.05, 0.1) is 27.8 Å². The molecule has 1 N–H and O–H groups in total. The van der Waals surface area contributed by atoms with E-state index in [-0.39, 0.29) is 28.1 Å². The summed E-state index contributed by atoms with van der Waals surface area (Å²) >= 11 is 14.3. The van der Waals surface area contributed by atoms with E-state index in [1.165, 1.54) is 11.8 Å². The zero-order chi connectivity index (χ0) is 22.1. The Morgan fingerprint density at radius 3 is 2.84 bits per heavy atom. The number of quaternary nitrogens is 1. The molecule has 0 radical (unpaired) electrons. The monoisotopic (exact) mass is 581 g/mol. The van der Waals surface area contributed by atoms with Crippen LogP contribution in [-0.4, -0.2) is 62.8 Å². The molecule has 1 saturated heterocycles.